The topological polar surface area (TPSA) is 21.7 Å². The van der Waals surface area contributed by atoms with E-state index in [1.807, 2.05) is 0 Å². The van der Waals surface area contributed by atoms with Gasteiger partial charge in [-0.25, -0.2) is 0 Å². The second-order valence-electron chi connectivity index (χ2n) is 3.49. The van der Waals surface area contributed by atoms with Crippen molar-refractivity contribution < 1.29 is 9.47 Å². The minimum atomic E-state index is 0.695. The minimum Gasteiger partial charge on any atom is -0.382 e. The third-order valence-corrected chi connectivity index (χ3v) is 2.49. The number of methoxy groups -OCH3 is 1. The molecule has 0 aliphatic heterocycles. The van der Waals surface area contributed by atoms with Crippen molar-refractivity contribution in [3.63, 3.8) is 0 Å². The Morgan fingerprint density at radius 1 is 1.07 bits per heavy atom. The largest absolute Gasteiger partial charge is 0.382 e. The van der Waals surface area contributed by atoms with Gasteiger partial charge in [-0.2, -0.15) is 0 Å². The summed E-state index contributed by atoms with van der Waals surface area (Å²) in [7, 11) is 1.70. The molecule has 0 aliphatic carbocycles. The first-order chi connectivity index (χ1) is 7.35. The van der Waals surface area contributed by atoms with Crippen LogP contribution in [0.4, 0.5) is 0 Å². The van der Waals surface area contributed by atoms with Gasteiger partial charge in [0.15, 0.2) is 0 Å². The summed E-state index contributed by atoms with van der Waals surface area (Å²) >= 11 is 3.47. The van der Waals surface area contributed by atoms with Gasteiger partial charge in [0.05, 0.1) is 13.2 Å². The maximum absolute atomic E-state index is 5.42. The summed E-state index contributed by atoms with van der Waals surface area (Å²) in [5, 5.41) is 1.05. The van der Waals surface area contributed by atoms with E-state index in [1.54, 1.807) is 7.11 Å². The van der Waals surface area contributed by atoms with Crippen LogP contribution in [0.5, 0.6) is 0 Å². The normalized spacial score (nSPS) is 11.2. The van der Waals surface area contributed by atoms with Crippen molar-refractivity contribution in [2.24, 2.45) is 0 Å². The SMILES string of the molecule is CCCN(CCBr)CCCOCCOC. The molecule has 0 N–H and O–H groups in total. The van der Waals surface area contributed by atoms with Crippen molar-refractivity contribution in [1.29, 1.82) is 0 Å². The van der Waals surface area contributed by atoms with Crippen molar-refractivity contribution in [3.8, 4) is 0 Å². The summed E-state index contributed by atoms with van der Waals surface area (Å²) in [6.07, 6.45) is 2.33. The lowest BCUT2D eigenvalue weighted by atomic mass is 10.3. The van der Waals surface area contributed by atoms with Gasteiger partial charge in [0, 0.05) is 32.1 Å². The molecule has 0 aliphatic rings. The Balaban J connectivity index is 3.28. The van der Waals surface area contributed by atoms with Crippen molar-refractivity contribution in [3.05, 3.63) is 0 Å². The van der Waals surface area contributed by atoms with E-state index in [4.69, 9.17) is 9.47 Å². The number of halogens is 1. The molecule has 0 saturated heterocycles. The lowest BCUT2D eigenvalue weighted by molar-refractivity contribution is 0.0655. The summed E-state index contributed by atoms with van der Waals surface area (Å²) < 4.78 is 10.3. The Morgan fingerprint density at radius 3 is 2.47 bits per heavy atom. The van der Waals surface area contributed by atoms with Crippen LogP contribution < -0.4 is 0 Å². The molecule has 0 aromatic carbocycles. The fourth-order valence-electron chi connectivity index (χ4n) is 1.41. The zero-order chi connectivity index (χ0) is 11.4. The highest BCUT2D eigenvalue weighted by Crippen LogP contribution is 1.96. The van der Waals surface area contributed by atoms with E-state index in [9.17, 15) is 0 Å². The van der Waals surface area contributed by atoms with Gasteiger partial charge in [-0.05, 0) is 19.4 Å². The Morgan fingerprint density at radius 2 is 1.87 bits per heavy atom. The molecule has 0 fully saturated rings. The van der Waals surface area contributed by atoms with Crippen LogP contribution in [0.15, 0.2) is 0 Å². The third-order valence-electron chi connectivity index (χ3n) is 2.14. The first kappa shape index (κ1) is 15.4. The van der Waals surface area contributed by atoms with E-state index >= 15 is 0 Å². The second kappa shape index (κ2) is 12.4. The van der Waals surface area contributed by atoms with Crippen molar-refractivity contribution >= 4 is 15.9 Å². The summed E-state index contributed by atoms with van der Waals surface area (Å²) in [5.74, 6) is 0. The predicted octanol–water partition coefficient (Wildman–Crippen LogP) is 2.15. The van der Waals surface area contributed by atoms with Gasteiger partial charge in [-0.1, -0.05) is 22.9 Å². The molecule has 0 radical (unpaired) electrons. The van der Waals surface area contributed by atoms with Gasteiger partial charge < -0.3 is 14.4 Å². The third kappa shape index (κ3) is 10.6. The fourth-order valence-corrected chi connectivity index (χ4v) is 1.91. The molecular formula is C11H24BrNO2. The second-order valence-corrected chi connectivity index (χ2v) is 4.28. The first-order valence-corrected chi connectivity index (χ1v) is 6.82. The number of rotatable bonds is 11. The molecule has 0 saturated carbocycles. The quantitative estimate of drug-likeness (QED) is 0.428. The molecule has 0 amide bonds. The van der Waals surface area contributed by atoms with Crippen LogP contribution in [0.1, 0.15) is 19.8 Å². The summed E-state index contributed by atoms with van der Waals surface area (Å²) in [4.78, 5) is 2.47. The van der Waals surface area contributed by atoms with E-state index < -0.39 is 0 Å². The highest BCUT2D eigenvalue weighted by atomic mass is 79.9. The van der Waals surface area contributed by atoms with Crippen LogP contribution in [0.2, 0.25) is 0 Å². The molecule has 15 heavy (non-hydrogen) atoms. The van der Waals surface area contributed by atoms with E-state index in [0.717, 1.165) is 31.4 Å². The van der Waals surface area contributed by atoms with Crippen LogP contribution >= 0.6 is 15.9 Å². The zero-order valence-corrected chi connectivity index (χ0v) is 11.6. The van der Waals surface area contributed by atoms with Gasteiger partial charge in [0.25, 0.3) is 0 Å². The van der Waals surface area contributed by atoms with E-state index in [0.29, 0.717) is 13.2 Å². The van der Waals surface area contributed by atoms with Gasteiger partial charge in [0.2, 0.25) is 0 Å². The smallest absolute Gasteiger partial charge is 0.0700 e. The summed E-state index contributed by atoms with van der Waals surface area (Å²) in [6.45, 7) is 7.91. The van der Waals surface area contributed by atoms with Crippen LogP contribution in [-0.2, 0) is 9.47 Å². The molecule has 0 aromatic heterocycles. The maximum Gasteiger partial charge on any atom is 0.0700 e. The predicted molar refractivity (Wildman–Crippen MR) is 67.8 cm³/mol. The molecule has 0 spiro atoms. The molecule has 0 rings (SSSR count). The minimum absolute atomic E-state index is 0.695. The number of alkyl halides is 1. The molecule has 92 valence electrons. The van der Waals surface area contributed by atoms with E-state index in [-0.39, 0.29) is 0 Å². The molecule has 0 aromatic rings. The van der Waals surface area contributed by atoms with E-state index in [1.165, 1.54) is 13.0 Å². The average molecular weight is 282 g/mol. The van der Waals surface area contributed by atoms with Gasteiger partial charge in [0.1, 0.15) is 0 Å². The highest BCUT2D eigenvalue weighted by molar-refractivity contribution is 9.09. The Kier molecular flexibility index (Phi) is 12.7. The van der Waals surface area contributed by atoms with Gasteiger partial charge in [-0.3, -0.25) is 0 Å². The molecule has 0 bridgehead atoms. The Labute approximate surface area is 102 Å². The highest BCUT2D eigenvalue weighted by Gasteiger charge is 2.01. The fraction of sp³-hybridized carbons (Fsp3) is 1.00. The monoisotopic (exact) mass is 281 g/mol. The number of hydrogen-bond donors (Lipinski definition) is 0. The summed E-state index contributed by atoms with van der Waals surface area (Å²) in [6, 6.07) is 0. The molecule has 3 nitrogen and oxygen atoms in total. The van der Waals surface area contributed by atoms with E-state index in [2.05, 4.69) is 27.8 Å². The average Bonchev–Trinajstić information content (AvgIpc) is 2.24. The van der Waals surface area contributed by atoms with Crippen LogP contribution in [-0.4, -0.2) is 56.8 Å². The molecule has 4 heteroatoms. The van der Waals surface area contributed by atoms with Crippen molar-refractivity contribution in [2.45, 2.75) is 19.8 Å². The number of nitrogens with zero attached hydrogens (tertiary/aromatic N) is 1. The lowest BCUT2D eigenvalue weighted by Gasteiger charge is -2.20. The Bertz CT molecular complexity index is 119. The molecule has 0 unspecified atom stereocenters. The Hall–Kier alpha value is 0.360. The van der Waals surface area contributed by atoms with Gasteiger partial charge in [-0.15, -0.1) is 0 Å². The van der Waals surface area contributed by atoms with Gasteiger partial charge >= 0.3 is 0 Å². The molecule has 0 atom stereocenters. The zero-order valence-electron chi connectivity index (χ0n) is 10.0. The number of hydrogen-bond acceptors (Lipinski definition) is 3. The summed E-state index contributed by atoms with van der Waals surface area (Å²) in [5.41, 5.74) is 0. The first-order valence-electron chi connectivity index (χ1n) is 5.70. The standard InChI is InChI=1S/C11H24BrNO2/c1-3-6-13(8-5-12)7-4-9-15-11-10-14-2/h3-11H2,1-2H3. The lowest BCUT2D eigenvalue weighted by Crippen LogP contribution is -2.28. The molecule has 0 heterocycles. The number of ether oxygens (including phenoxy) is 2. The molecular weight excluding hydrogens is 258 g/mol. The van der Waals surface area contributed by atoms with Crippen LogP contribution in [0.3, 0.4) is 0 Å². The van der Waals surface area contributed by atoms with Crippen LogP contribution in [0, 0.1) is 0 Å². The van der Waals surface area contributed by atoms with Crippen LogP contribution in [0.25, 0.3) is 0 Å². The van der Waals surface area contributed by atoms with Crippen molar-refractivity contribution in [1.82, 2.24) is 4.90 Å². The maximum atomic E-state index is 5.42. The van der Waals surface area contributed by atoms with Crippen molar-refractivity contribution in [2.75, 3.05) is 51.9 Å².